The lowest BCUT2D eigenvalue weighted by molar-refractivity contribution is -0.120. The van der Waals surface area contributed by atoms with Crippen LogP contribution in [0.4, 0.5) is 0 Å². The van der Waals surface area contributed by atoms with Crippen LogP contribution >= 0.6 is 11.8 Å². The van der Waals surface area contributed by atoms with Crippen LogP contribution in [0.2, 0.25) is 0 Å². The molecule has 0 unspecified atom stereocenters. The smallest absolute Gasteiger partial charge is 0.169 e. The molecule has 14 heavy (non-hydrogen) atoms. The van der Waals surface area contributed by atoms with Crippen molar-refractivity contribution in [2.45, 2.75) is 18.2 Å². The average molecular weight is 210 g/mol. The zero-order valence-corrected chi connectivity index (χ0v) is 9.26. The summed E-state index contributed by atoms with van der Waals surface area (Å²) in [6.45, 7) is 2.01. The molecule has 1 aromatic carbocycles. The highest BCUT2D eigenvalue weighted by atomic mass is 32.2. The van der Waals surface area contributed by atoms with Crippen LogP contribution in [-0.4, -0.2) is 18.6 Å². The summed E-state index contributed by atoms with van der Waals surface area (Å²) in [6.07, 6.45) is 2.52. The number of ether oxygens (including phenoxy) is 1. The van der Waals surface area contributed by atoms with Gasteiger partial charge < -0.3 is 4.74 Å². The van der Waals surface area contributed by atoms with Crippen molar-refractivity contribution in [2.75, 3.05) is 12.9 Å². The predicted molar refractivity (Wildman–Crippen MR) is 59.0 cm³/mol. The Kier molecular flexibility index (Phi) is 4.53. The standard InChI is InChI=1S/C11H14O2S/c1-3-9(12)8-13-10-6-4-5-7-11(10)14-2/h4-7H,3,8H2,1-2H3. The molecule has 0 heterocycles. The molecule has 0 radical (unpaired) electrons. The molecule has 0 atom stereocenters. The number of benzene rings is 1. The van der Waals surface area contributed by atoms with Gasteiger partial charge in [0.15, 0.2) is 5.78 Å². The third-order valence-corrected chi connectivity index (χ3v) is 2.63. The number of hydrogen-bond acceptors (Lipinski definition) is 3. The predicted octanol–water partition coefficient (Wildman–Crippen LogP) is 2.77. The number of thioether (sulfide) groups is 1. The van der Waals surface area contributed by atoms with Gasteiger partial charge in [-0.15, -0.1) is 11.8 Å². The molecular weight excluding hydrogens is 196 g/mol. The zero-order chi connectivity index (χ0) is 10.4. The summed E-state index contributed by atoms with van der Waals surface area (Å²) in [5, 5.41) is 0. The molecule has 1 rings (SSSR count). The van der Waals surface area contributed by atoms with Gasteiger partial charge in [-0.1, -0.05) is 19.1 Å². The second-order valence-electron chi connectivity index (χ2n) is 2.83. The molecular formula is C11H14O2S. The van der Waals surface area contributed by atoms with Crippen molar-refractivity contribution in [3.63, 3.8) is 0 Å². The van der Waals surface area contributed by atoms with Crippen LogP contribution in [0.1, 0.15) is 13.3 Å². The first-order chi connectivity index (χ1) is 6.77. The Morgan fingerprint density at radius 2 is 2.14 bits per heavy atom. The van der Waals surface area contributed by atoms with E-state index in [9.17, 15) is 4.79 Å². The Morgan fingerprint density at radius 3 is 2.79 bits per heavy atom. The monoisotopic (exact) mass is 210 g/mol. The van der Waals surface area contributed by atoms with E-state index in [-0.39, 0.29) is 12.4 Å². The van der Waals surface area contributed by atoms with Crippen molar-refractivity contribution < 1.29 is 9.53 Å². The summed E-state index contributed by atoms with van der Waals surface area (Å²) in [7, 11) is 0. The lowest BCUT2D eigenvalue weighted by atomic mass is 10.3. The van der Waals surface area contributed by atoms with E-state index in [0.29, 0.717) is 6.42 Å². The van der Waals surface area contributed by atoms with Crippen molar-refractivity contribution >= 4 is 17.5 Å². The van der Waals surface area contributed by atoms with Crippen molar-refractivity contribution in [3.8, 4) is 5.75 Å². The molecule has 0 aliphatic heterocycles. The minimum absolute atomic E-state index is 0.126. The second kappa shape index (κ2) is 5.70. The van der Waals surface area contributed by atoms with E-state index < -0.39 is 0 Å². The van der Waals surface area contributed by atoms with Gasteiger partial charge in [-0.05, 0) is 18.4 Å². The van der Waals surface area contributed by atoms with Crippen LogP contribution < -0.4 is 4.74 Å². The normalized spacial score (nSPS) is 9.86. The molecule has 2 nitrogen and oxygen atoms in total. The summed E-state index contributed by atoms with van der Waals surface area (Å²) in [4.78, 5) is 12.1. The van der Waals surface area contributed by atoms with E-state index in [2.05, 4.69) is 0 Å². The van der Waals surface area contributed by atoms with Gasteiger partial charge in [0.05, 0.1) is 0 Å². The van der Waals surface area contributed by atoms with Gasteiger partial charge >= 0.3 is 0 Å². The molecule has 0 aliphatic carbocycles. The fraction of sp³-hybridized carbons (Fsp3) is 0.364. The van der Waals surface area contributed by atoms with E-state index in [1.807, 2.05) is 37.4 Å². The number of carbonyl (C=O) groups excluding carboxylic acids is 1. The lowest BCUT2D eigenvalue weighted by Gasteiger charge is -2.08. The molecule has 0 fully saturated rings. The van der Waals surface area contributed by atoms with Crippen molar-refractivity contribution in [1.82, 2.24) is 0 Å². The molecule has 0 aromatic heterocycles. The first kappa shape index (κ1) is 11.1. The van der Waals surface area contributed by atoms with Gasteiger partial charge in [0.1, 0.15) is 12.4 Å². The minimum atomic E-state index is 0.126. The van der Waals surface area contributed by atoms with Crippen LogP contribution in [0.25, 0.3) is 0 Å². The van der Waals surface area contributed by atoms with Crippen LogP contribution in [0.15, 0.2) is 29.2 Å². The van der Waals surface area contributed by atoms with Gasteiger partial charge in [0, 0.05) is 11.3 Å². The number of para-hydroxylation sites is 1. The van der Waals surface area contributed by atoms with E-state index in [1.165, 1.54) is 0 Å². The molecule has 0 aliphatic rings. The SMILES string of the molecule is CCC(=O)COc1ccccc1SC. The third-order valence-electron chi connectivity index (χ3n) is 1.85. The fourth-order valence-corrected chi connectivity index (χ4v) is 1.54. The molecule has 0 saturated carbocycles. The summed E-state index contributed by atoms with van der Waals surface area (Å²) in [6, 6.07) is 7.73. The van der Waals surface area contributed by atoms with Gasteiger partial charge in [-0.3, -0.25) is 4.79 Å². The Bertz CT molecular complexity index is 310. The maximum absolute atomic E-state index is 11.1. The minimum Gasteiger partial charge on any atom is -0.485 e. The molecule has 76 valence electrons. The highest BCUT2D eigenvalue weighted by Gasteiger charge is 2.03. The maximum Gasteiger partial charge on any atom is 0.169 e. The molecule has 0 saturated heterocycles. The largest absolute Gasteiger partial charge is 0.485 e. The zero-order valence-electron chi connectivity index (χ0n) is 8.45. The molecule has 0 bridgehead atoms. The van der Waals surface area contributed by atoms with E-state index in [4.69, 9.17) is 4.74 Å². The van der Waals surface area contributed by atoms with Crippen LogP contribution in [0.3, 0.4) is 0 Å². The quantitative estimate of drug-likeness (QED) is 0.699. The van der Waals surface area contributed by atoms with E-state index in [0.717, 1.165) is 10.6 Å². The Balaban J connectivity index is 2.61. The highest BCUT2D eigenvalue weighted by Crippen LogP contribution is 2.26. The summed E-state index contributed by atoms with van der Waals surface area (Å²) in [5.41, 5.74) is 0. The Morgan fingerprint density at radius 1 is 1.43 bits per heavy atom. The summed E-state index contributed by atoms with van der Waals surface area (Å²) >= 11 is 1.62. The second-order valence-corrected chi connectivity index (χ2v) is 3.68. The highest BCUT2D eigenvalue weighted by molar-refractivity contribution is 7.98. The van der Waals surface area contributed by atoms with Crippen molar-refractivity contribution in [3.05, 3.63) is 24.3 Å². The Labute approximate surface area is 88.7 Å². The summed E-state index contributed by atoms with van der Waals surface area (Å²) < 4.78 is 5.41. The fourth-order valence-electron chi connectivity index (χ4n) is 0.998. The first-order valence-electron chi connectivity index (χ1n) is 4.55. The van der Waals surface area contributed by atoms with E-state index in [1.54, 1.807) is 11.8 Å². The van der Waals surface area contributed by atoms with E-state index >= 15 is 0 Å². The molecule has 0 amide bonds. The van der Waals surface area contributed by atoms with Gasteiger partial charge in [-0.2, -0.15) is 0 Å². The third kappa shape index (κ3) is 3.07. The van der Waals surface area contributed by atoms with Gasteiger partial charge in [-0.25, -0.2) is 0 Å². The summed E-state index contributed by atoms with van der Waals surface area (Å²) in [5.74, 6) is 0.919. The Hall–Kier alpha value is -0.960. The van der Waals surface area contributed by atoms with Crippen LogP contribution in [0.5, 0.6) is 5.75 Å². The molecule has 3 heteroatoms. The maximum atomic E-state index is 11.1. The number of ketones is 1. The van der Waals surface area contributed by atoms with Gasteiger partial charge in [0.25, 0.3) is 0 Å². The number of carbonyl (C=O) groups is 1. The van der Waals surface area contributed by atoms with Crippen molar-refractivity contribution in [2.24, 2.45) is 0 Å². The number of hydrogen-bond donors (Lipinski definition) is 0. The average Bonchev–Trinajstić information content (AvgIpc) is 2.26. The molecule has 0 spiro atoms. The topological polar surface area (TPSA) is 26.3 Å². The number of Topliss-reactive ketones (excluding diaryl/α,β-unsaturated/α-hetero) is 1. The lowest BCUT2D eigenvalue weighted by Crippen LogP contribution is -2.09. The van der Waals surface area contributed by atoms with Crippen LogP contribution in [-0.2, 0) is 4.79 Å². The first-order valence-corrected chi connectivity index (χ1v) is 5.78. The number of rotatable bonds is 5. The van der Waals surface area contributed by atoms with Crippen molar-refractivity contribution in [1.29, 1.82) is 0 Å². The molecule has 0 N–H and O–H groups in total. The van der Waals surface area contributed by atoms with Gasteiger partial charge in [0.2, 0.25) is 0 Å². The van der Waals surface area contributed by atoms with Crippen LogP contribution in [0, 0.1) is 0 Å². The molecule has 1 aromatic rings.